The lowest BCUT2D eigenvalue weighted by molar-refractivity contribution is 0.0168. The van der Waals surface area contributed by atoms with E-state index in [9.17, 15) is 17.6 Å². The molecule has 3 aromatic carbocycles. The fourth-order valence-corrected chi connectivity index (χ4v) is 4.38. The van der Waals surface area contributed by atoms with Crippen molar-refractivity contribution in [3.63, 3.8) is 0 Å². The van der Waals surface area contributed by atoms with E-state index >= 15 is 0 Å². The fraction of sp³-hybridized carbons (Fsp3) is 0.269. The van der Waals surface area contributed by atoms with E-state index < -0.39 is 11.8 Å². The maximum absolute atomic E-state index is 13.5. The van der Waals surface area contributed by atoms with Crippen LogP contribution in [0.2, 0.25) is 0 Å². The van der Waals surface area contributed by atoms with Crippen LogP contribution in [-0.4, -0.2) is 5.71 Å². The number of aliphatic imine (C=N–C) groups is 1. The zero-order valence-electron chi connectivity index (χ0n) is 17.7. The topological polar surface area (TPSA) is 24.4 Å². The molecule has 0 radical (unpaired) electrons. The third-order valence-electron chi connectivity index (χ3n) is 6.22. The van der Waals surface area contributed by atoms with E-state index in [1.54, 1.807) is 24.3 Å². The van der Waals surface area contributed by atoms with E-state index in [2.05, 4.69) is 17.4 Å². The first kappa shape index (κ1) is 20.7. The van der Waals surface area contributed by atoms with Crippen LogP contribution in [0.5, 0.6) is 0 Å². The summed E-state index contributed by atoms with van der Waals surface area (Å²) in [6.07, 6.45) is 1.38. The van der Waals surface area contributed by atoms with Crippen LogP contribution in [0.4, 0.5) is 28.9 Å². The van der Waals surface area contributed by atoms with Crippen molar-refractivity contribution in [3.05, 3.63) is 94.0 Å². The van der Waals surface area contributed by atoms with Crippen molar-refractivity contribution in [3.8, 4) is 0 Å². The Kier molecular flexibility index (Phi) is 4.66. The molecule has 2 aliphatic rings. The molecule has 1 atom stereocenters. The van der Waals surface area contributed by atoms with Gasteiger partial charge in [-0.15, -0.1) is 0 Å². The highest BCUT2D eigenvalue weighted by Gasteiger charge is 2.28. The van der Waals surface area contributed by atoms with Gasteiger partial charge in [0.1, 0.15) is 0 Å². The number of benzene rings is 3. The van der Waals surface area contributed by atoms with E-state index in [-0.39, 0.29) is 17.2 Å². The van der Waals surface area contributed by atoms with Gasteiger partial charge in [-0.25, -0.2) is 17.6 Å². The Bertz CT molecular complexity index is 1200. The Balaban J connectivity index is 1.35. The van der Waals surface area contributed by atoms with Gasteiger partial charge < -0.3 is 5.32 Å². The number of alkyl halides is 4. The quantitative estimate of drug-likeness (QED) is 0.425. The summed E-state index contributed by atoms with van der Waals surface area (Å²) in [5.41, 5.74) is 6.79. The first-order chi connectivity index (χ1) is 15.1. The van der Waals surface area contributed by atoms with Crippen LogP contribution >= 0.6 is 0 Å². The predicted molar refractivity (Wildman–Crippen MR) is 118 cm³/mol. The molecular formula is C26H22F4N2. The molecule has 5 rings (SSSR count). The summed E-state index contributed by atoms with van der Waals surface area (Å²) < 4.78 is 53.9. The second-order valence-corrected chi connectivity index (χ2v) is 8.75. The van der Waals surface area contributed by atoms with Crippen LogP contribution in [0.25, 0.3) is 0 Å². The summed E-state index contributed by atoms with van der Waals surface area (Å²) in [7, 11) is 0. The Labute approximate surface area is 184 Å². The van der Waals surface area contributed by atoms with Crippen LogP contribution in [0.15, 0.2) is 65.7 Å². The van der Waals surface area contributed by atoms with Crippen LogP contribution in [0.3, 0.4) is 0 Å². The second-order valence-electron chi connectivity index (χ2n) is 8.75. The van der Waals surface area contributed by atoms with E-state index in [1.165, 1.54) is 24.3 Å². The summed E-state index contributed by atoms with van der Waals surface area (Å²) in [6, 6.07) is 16.9. The molecule has 164 valence electrons. The third-order valence-corrected chi connectivity index (χ3v) is 6.22. The summed E-state index contributed by atoms with van der Waals surface area (Å²) >= 11 is 0. The van der Waals surface area contributed by atoms with E-state index in [4.69, 9.17) is 4.99 Å². The van der Waals surface area contributed by atoms with Gasteiger partial charge in [0.2, 0.25) is 0 Å². The third kappa shape index (κ3) is 3.78. The summed E-state index contributed by atoms with van der Waals surface area (Å²) in [4.78, 5) is 4.75. The second kappa shape index (κ2) is 7.19. The lowest BCUT2D eigenvalue weighted by Gasteiger charge is -2.15. The minimum atomic E-state index is -2.86. The maximum Gasteiger partial charge on any atom is 0.270 e. The molecule has 2 aliphatic heterocycles. The minimum Gasteiger partial charge on any atom is -0.378 e. The molecule has 2 nitrogen and oxygen atoms in total. The van der Waals surface area contributed by atoms with E-state index in [0.29, 0.717) is 6.42 Å². The fourth-order valence-electron chi connectivity index (χ4n) is 4.38. The molecular weight excluding hydrogens is 416 g/mol. The van der Waals surface area contributed by atoms with Crippen molar-refractivity contribution < 1.29 is 17.6 Å². The van der Waals surface area contributed by atoms with Gasteiger partial charge in [0.25, 0.3) is 11.8 Å². The van der Waals surface area contributed by atoms with E-state index in [1.807, 2.05) is 0 Å². The molecule has 1 N–H and O–H groups in total. The summed E-state index contributed by atoms with van der Waals surface area (Å²) in [5.74, 6) is -5.71. The largest absolute Gasteiger partial charge is 0.378 e. The van der Waals surface area contributed by atoms with Crippen molar-refractivity contribution in [2.24, 2.45) is 4.99 Å². The monoisotopic (exact) mass is 438 g/mol. The predicted octanol–water partition coefficient (Wildman–Crippen LogP) is 7.30. The Hall–Kier alpha value is -3.15. The molecule has 0 aliphatic carbocycles. The van der Waals surface area contributed by atoms with Gasteiger partial charge >= 0.3 is 0 Å². The SMILES string of the molecule is CC(F)(F)c1ccc(C2=Nc3cc4c(cc3C2)NC(c2ccc(C(C)(F)F)cc2)C4)cc1. The molecule has 3 aromatic rings. The van der Waals surface area contributed by atoms with Gasteiger partial charge in [-0.1, -0.05) is 48.5 Å². The maximum atomic E-state index is 13.5. The molecule has 0 saturated heterocycles. The molecule has 0 saturated carbocycles. The number of nitrogens with one attached hydrogen (secondary N) is 1. The van der Waals surface area contributed by atoms with Crippen molar-refractivity contribution in [2.45, 2.75) is 44.6 Å². The van der Waals surface area contributed by atoms with Gasteiger partial charge in [-0.3, -0.25) is 4.99 Å². The van der Waals surface area contributed by atoms with Crippen molar-refractivity contribution >= 4 is 17.1 Å². The highest BCUT2D eigenvalue weighted by atomic mass is 19.3. The molecule has 0 spiro atoms. The lowest BCUT2D eigenvalue weighted by atomic mass is 9.98. The van der Waals surface area contributed by atoms with Gasteiger partial charge in [-0.05, 0) is 40.8 Å². The first-order valence-electron chi connectivity index (χ1n) is 10.5. The zero-order valence-corrected chi connectivity index (χ0v) is 17.7. The smallest absolute Gasteiger partial charge is 0.270 e. The zero-order chi connectivity index (χ0) is 22.7. The van der Waals surface area contributed by atoms with Gasteiger partial charge in [0.05, 0.1) is 17.4 Å². The van der Waals surface area contributed by atoms with Crippen LogP contribution in [0, 0.1) is 0 Å². The first-order valence-corrected chi connectivity index (χ1v) is 10.5. The minimum absolute atomic E-state index is 0.00768. The van der Waals surface area contributed by atoms with Gasteiger partial charge in [-0.2, -0.15) is 0 Å². The van der Waals surface area contributed by atoms with Crippen LogP contribution in [-0.2, 0) is 24.7 Å². The number of nitrogens with zero attached hydrogens (tertiary/aromatic N) is 1. The number of rotatable bonds is 4. The Morgan fingerprint density at radius 2 is 1.41 bits per heavy atom. The van der Waals surface area contributed by atoms with Crippen LogP contribution in [0.1, 0.15) is 53.3 Å². The molecule has 0 aromatic heterocycles. The molecule has 1 unspecified atom stereocenters. The standard InChI is InChI=1S/C26H22F4N2/c1-25(27,28)19-7-3-15(4-8-19)21-11-17-13-24-18(14-23(17)31-21)12-22(32-24)16-5-9-20(10-6-16)26(2,29)30/h3-10,13-14,21,31H,11-12H2,1-2H3. The molecule has 6 heteroatoms. The summed E-state index contributed by atoms with van der Waals surface area (Å²) in [6.45, 7) is 1.79. The average Bonchev–Trinajstić information content (AvgIpc) is 3.34. The Morgan fingerprint density at radius 1 is 0.812 bits per heavy atom. The number of hydrogen-bond acceptors (Lipinski definition) is 2. The summed E-state index contributed by atoms with van der Waals surface area (Å²) in [5, 5.41) is 3.50. The van der Waals surface area contributed by atoms with Crippen LogP contribution < -0.4 is 5.32 Å². The lowest BCUT2D eigenvalue weighted by Crippen LogP contribution is -2.09. The number of fused-ring (bicyclic) bond motifs is 2. The average molecular weight is 438 g/mol. The molecule has 32 heavy (non-hydrogen) atoms. The normalized spacial score (nSPS) is 17.6. The molecule has 0 bridgehead atoms. The molecule has 2 heterocycles. The highest BCUT2D eigenvalue weighted by molar-refractivity contribution is 6.06. The van der Waals surface area contributed by atoms with Gasteiger partial charge in [0.15, 0.2) is 0 Å². The van der Waals surface area contributed by atoms with Crippen molar-refractivity contribution in [1.29, 1.82) is 0 Å². The molecule has 0 fully saturated rings. The van der Waals surface area contributed by atoms with Gasteiger partial charge in [0, 0.05) is 37.1 Å². The number of anilines is 1. The van der Waals surface area contributed by atoms with Crippen molar-refractivity contribution in [1.82, 2.24) is 0 Å². The van der Waals surface area contributed by atoms with E-state index in [0.717, 1.165) is 59.6 Å². The van der Waals surface area contributed by atoms with Crippen molar-refractivity contribution in [2.75, 3.05) is 5.32 Å². The molecule has 0 amide bonds. The number of hydrogen-bond donors (Lipinski definition) is 1. The Morgan fingerprint density at radius 3 is 2.00 bits per heavy atom. The highest BCUT2D eigenvalue weighted by Crippen LogP contribution is 2.41. The number of halogens is 4.